The molecule has 24 heavy (non-hydrogen) atoms. The molecule has 0 unspecified atom stereocenters. The van der Waals surface area contributed by atoms with Crippen molar-refractivity contribution in [2.45, 2.75) is 4.90 Å². The molecule has 124 valence electrons. The van der Waals surface area contributed by atoms with E-state index in [0.717, 1.165) is 17.5 Å². The maximum absolute atomic E-state index is 12.3. The molecule has 0 aromatic heterocycles. The predicted molar refractivity (Wildman–Crippen MR) is 86.9 cm³/mol. The van der Waals surface area contributed by atoms with Crippen LogP contribution in [-0.2, 0) is 9.84 Å². The van der Waals surface area contributed by atoms with Gasteiger partial charge in [-0.15, -0.1) is 0 Å². The quantitative estimate of drug-likeness (QED) is 0.606. The SMILES string of the molecule is O=[N+]([O-])c1ccc(S(=O)(=O)/C=C/c2cc(Cl)c3c(c2)OCO3)cc1. The number of ether oxygens (including phenoxy) is 2. The van der Waals surface area contributed by atoms with E-state index in [9.17, 15) is 18.5 Å². The molecule has 1 aliphatic rings. The van der Waals surface area contributed by atoms with E-state index in [-0.39, 0.29) is 17.4 Å². The highest BCUT2D eigenvalue weighted by Crippen LogP contribution is 2.40. The number of halogens is 1. The Morgan fingerprint density at radius 3 is 2.54 bits per heavy atom. The number of hydrogen-bond acceptors (Lipinski definition) is 6. The zero-order chi connectivity index (χ0) is 17.3. The number of nitro groups is 1. The van der Waals surface area contributed by atoms with Gasteiger partial charge in [0, 0.05) is 17.5 Å². The van der Waals surface area contributed by atoms with Crippen LogP contribution in [0.1, 0.15) is 5.56 Å². The second-order valence-electron chi connectivity index (χ2n) is 4.84. The van der Waals surface area contributed by atoms with Gasteiger partial charge in [0.1, 0.15) is 0 Å². The molecule has 0 fully saturated rings. The average Bonchev–Trinajstić information content (AvgIpc) is 3.02. The second kappa shape index (κ2) is 6.14. The van der Waals surface area contributed by atoms with Gasteiger partial charge in [-0.25, -0.2) is 8.42 Å². The van der Waals surface area contributed by atoms with Gasteiger partial charge in [0.2, 0.25) is 6.79 Å². The van der Waals surface area contributed by atoms with Crippen molar-refractivity contribution in [1.82, 2.24) is 0 Å². The molecule has 9 heteroatoms. The van der Waals surface area contributed by atoms with Gasteiger partial charge in [-0.2, -0.15) is 0 Å². The van der Waals surface area contributed by atoms with E-state index in [4.69, 9.17) is 21.1 Å². The zero-order valence-corrected chi connectivity index (χ0v) is 13.6. The summed E-state index contributed by atoms with van der Waals surface area (Å²) in [7, 11) is -3.75. The van der Waals surface area contributed by atoms with E-state index in [1.54, 1.807) is 12.1 Å². The van der Waals surface area contributed by atoms with Gasteiger partial charge >= 0.3 is 0 Å². The number of non-ortho nitro benzene ring substituents is 1. The van der Waals surface area contributed by atoms with E-state index in [1.807, 2.05) is 0 Å². The number of nitrogens with zero attached hydrogens (tertiary/aromatic N) is 1. The number of rotatable bonds is 4. The lowest BCUT2D eigenvalue weighted by Crippen LogP contribution is -1.96. The number of fused-ring (bicyclic) bond motifs is 1. The predicted octanol–water partition coefficient (Wildman–Crippen LogP) is 3.42. The number of nitro benzene ring substituents is 1. The minimum Gasteiger partial charge on any atom is -0.454 e. The third kappa shape index (κ3) is 3.19. The Labute approximate surface area is 142 Å². The summed E-state index contributed by atoms with van der Waals surface area (Å²) in [6.45, 7) is 0.0588. The fourth-order valence-corrected chi connectivity index (χ4v) is 3.37. The maximum atomic E-state index is 12.3. The van der Waals surface area contributed by atoms with Crippen LogP contribution in [0.5, 0.6) is 11.5 Å². The molecule has 0 saturated carbocycles. The van der Waals surface area contributed by atoms with E-state index >= 15 is 0 Å². The van der Waals surface area contributed by atoms with Crippen LogP contribution in [-0.4, -0.2) is 20.1 Å². The fraction of sp³-hybridized carbons (Fsp3) is 0.0667. The largest absolute Gasteiger partial charge is 0.454 e. The number of benzene rings is 2. The van der Waals surface area contributed by atoms with Gasteiger partial charge in [0.15, 0.2) is 21.3 Å². The minimum atomic E-state index is -3.75. The summed E-state index contributed by atoms with van der Waals surface area (Å²) in [5, 5.41) is 11.9. The van der Waals surface area contributed by atoms with Crippen LogP contribution in [0.15, 0.2) is 46.7 Å². The lowest BCUT2D eigenvalue weighted by molar-refractivity contribution is -0.384. The molecule has 0 amide bonds. The normalized spacial score (nSPS) is 13.4. The van der Waals surface area contributed by atoms with E-state index in [0.29, 0.717) is 22.1 Å². The van der Waals surface area contributed by atoms with Crippen LogP contribution < -0.4 is 9.47 Å². The number of sulfone groups is 1. The number of hydrogen-bond donors (Lipinski definition) is 0. The van der Waals surface area contributed by atoms with Crippen molar-refractivity contribution in [1.29, 1.82) is 0 Å². The van der Waals surface area contributed by atoms with Gasteiger partial charge in [0.25, 0.3) is 5.69 Å². The molecule has 0 saturated heterocycles. The Kier molecular flexibility index (Phi) is 4.16. The Morgan fingerprint density at radius 1 is 1.17 bits per heavy atom. The van der Waals surface area contributed by atoms with Crippen LogP contribution in [0.2, 0.25) is 5.02 Å². The van der Waals surface area contributed by atoms with Crippen LogP contribution >= 0.6 is 11.6 Å². The summed E-state index contributed by atoms with van der Waals surface area (Å²) in [5.74, 6) is 0.863. The molecule has 1 aliphatic heterocycles. The van der Waals surface area contributed by atoms with Crippen molar-refractivity contribution in [3.8, 4) is 11.5 Å². The summed E-state index contributed by atoms with van der Waals surface area (Å²) in [6.07, 6.45) is 1.37. The molecule has 2 aromatic carbocycles. The lowest BCUT2D eigenvalue weighted by Gasteiger charge is -2.02. The van der Waals surface area contributed by atoms with Gasteiger partial charge in [0.05, 0.1) is 14.8 Å². The molecule has 0 spiro atoms. The van der Waals surface area contributed by atoms with E-state index < -0.39 is 14.8 Å². The van der Waals surface area contributed by atoms with Crippen molar-refractivity contribution < 1.29 is 22.8 Å². The van der Waals surface area contributed by atoms with Crippen molar-refractivity contribution in [2.24, 2.45) is 0 Å². The second-order valence-corrected chi connectivity index (χ2v) is 7.08. The first-order valence-electron chi connectivity index (χ1n) is 6.63. The first-order valence-corrected chi connectivity index (χ1v) is 8.56. The van der Waals surface area contributed by atoms with Gasteiger partial charge in [-0.3, -0.25) is 10.1 Å². The molecule has 1 heterocycles. The third-order valence-electron chi connectivity index (χ3n) is 3.27. The summed E-state index contributed by atoms with van der Waals surface area (Å²) in [5.41, 5.74) is 0.343. The Bertz CT molecular complexity index is 937. The van der Waals surface area contributed by atoms with Gasteiger partial charge < -0.3 is 9.47 Å². The molecule has 0 N–H and O–H groups in total. The Balaban J connectivity index is 1.88. The minimum absolute atomic E-state index is 0.0452. The highest BCUT2D eigenvalue weighted by molar-refractivity contribution is 7.94. The highest BCUT2D eigenvalue weighted by atomic mass is 35.5. The van der Waals surface area contributed by atoms with Crippen LogP contribution in [0.3, 0.4) is 0 Å². The molecule has 7 nitrogen and oxygen atoms in total. The van der Waals surface area contributed by atoms with E-state index in [1.165, 1.54) is 18.2 Å². The molecule has 2 aromatic rings. The van der Waals surface area contributed by atoms with Crippen LogP contribution in [0.25, 0.3) is 6.08 Å². The van der Waals surface area contributed by atoms with Gasteiger partial charge in [-0.05, 0) is 35.9 Å². The zero-order valence-electron chi connectivity index (χ0n) is 12.0. The average molecular weight is 368 g/mol. The van der Waals surface area contributed by atoms with E-state index in [2.05, 4.69) is 0 Å². The van der Waals surface area contributed by atoms with Crippen molar-refractivity contribution >= 4 is 33.2 Å². The standard InChI is InChI=1S/C15H10ClNO6S/c16-13-7-10(8-14-15(13)23-9-22-14)5-6-24(20,21)12-3-1-11(2-4-12)17(18)19/h1-8H,9H2/b6-5+. The van der Waals surface area contributed by atoms with Crippen molar-refractivity contribution in [2.75, 3.05) is 6.79 Å². The molecule has 0 atom stereocenters. The van der Waals surface area contributed by atoms with Gasteiger partial charge in [-0.1, -0.05) is 11.6 Å². The Hall–Kier alpha value is -2.58. The third-order valence-corrected chi connectivity index (χ3v) is 4.97. The molecule has 0 bridgehead atoms. The first-order chi connectivity index (χ1) is 11.4. The molecule has 0 aliphatic carbocycles. The first kappa shape index (κ1) is 16.3. The fourth-order valence-electron chi connectivity index (χ4n) is 2.09. The molecular formula is C15H10ClNO6S. The van der Waals surface area contributed by atoms with Crippen LogP contribution in [0, 0.1) is 10.1 Å². The molecule has 0 radical (unpaired) electrons. The molecule has 3 rings (SSSR count). The summed E-state index contributed by atoms with van der Waals surface area (Å²) < 4.78 is 34.9. The van der Waals surface area contributed by atoms with Crippen molar-refractivity contribution in [3.63, 3.8) is 0 Å². The summed E-state index contributed by atoms with van der Waals surface area (Å²) in [4.78, 5) is 9.96. The van der Waals surface area contributed by atoms with Crippen LogP contribution in [0.4, 0.5) is 5.69 Å². The lowest BCUT2D eigenvalue weighted by atomic mass is 10.2. The topological polar surface area (TPSA) is 95.7 Å². The maximum Gasteiger partial charge on any atom is 0.269 e. The summed E-state index contributed by atoms with van der Waals surface area (Å²) >= 11 is 6.04. The monoisotopic (exact) mass is 367 g/mol. The smallest absolute Gasteiger partial charge is 0.269 e. The highest BCUT2D eigenvalue weighted by Gasteiger charge is 2.18. The van der Waals surface area contributed by atoms with Crippen molar-refractivity contribution in [3.05, 3.63) is 62.5 Å². The summed E-state index contributed by atoms with van der Waals surface area (Å²) in [6, 6.07) is 7.80. The molecular weight excluding hydrogens is 358 g/mol. The Morgan fingerprint density at radius 2 is 1.88 bits per heavy atom.